The van der Waals surface area contributed by atoms with E-state index in [1.54, 1.807) is 21.3 Å². The van der Waals surface area contributed by atoms with E-state index in [-0.39, 0.29) is 5.41 Å². The third-order valence-corrected chi connectivity index (χ3v) is 4.98. The summed E-state index contributed by atoms with van der Waals surface area (Å²) in [5, 5.41) is 0. The Bertz CT molecular complexity index is 856. The number of methoxy groups -OCH3 is 3. The van der Waals surface area contributed by atoms with Crippen LogP contribution in [0.1, 0.15) is 23.6 Å². The predicted molar refractivity (Wildman–Crippen MR) is 105 cm³/mol. The minimum atomic E-state index is -0.340. The molecule has 3 heteroatoms. The Balaban J connectivity index is 2.21. The second kappa shape index (κ2) is 7.52. The monoisotopic (exact) mass is 348 g/mol. The summed E-state index contributed by atoms with van der Waals surface area (Å²) < 4.78 is 16.3. The number of hydrogen-bond acceptors (Lipinski definition) is 3. The zero-order chi connectivity index (χ0) is 18.6. The molecule has 1 atom stereocenters. The molecule has 0 spiro atoms. The largest absolute Gasteiger partial charge is 0.497 e. The number of ether oxygens (including phenoxy) is 3. The molecular weight excluding hydrogens is 324 g/mol. The van der Waals surface area contributed by atoms with Crippen molar-refractivity contribution in [2.75, 3.05) is 21.3 Å². The van der Waals surface area contributed by atoms with Gasteiger partial charge in [-0.15, -0.1) is 0 Å². The standard InChI is InChI=1S/C23H24O3/c1-23(17-8-6-5-7-9-17,18-10-13-20(24-2)14-11-18)19-12-15-21(25-3)22(16-19)26-4/h5-16H,1-4H3. The van der Waals surface area contributed by atoms with E-state index < -0.39 is 0 Å². The van der Waals surface area contributed by atoms with Crippen molar-refractivity contribution < 1.29 is 14.2 Å². The molecule has 3 nitrogen and oxygen atoms in total. The van der Waals surface area contributed by atoms with Crippen LogP contribution in [0.25, 0.3) is 0 Å². The smallest absolute Gasteiger partial charge is 0.161 e. The van der Waals surface area contributed by atoms with Gasteiger partial charge in [-0.05, 0) is 47.9 Å². The van der Waals surface area contributed by atoms with Crippen LogP contribution in [0.5, 0.6) is 17.2 Å². The molecule has 0 fully saturated rings. The van der Waals surface area contributed by atoms with Crippen molar-refractivity contribution in [3.63, 3.8) is 0 Å². The Morgan fingerprint density at radius 1 is 0.577 bits per heavy atom. The Morgan fingerprint density at radius 2 is 1.15 bits per heavy atom. The van der Waals surface area contributed by atoms with Crippen molar-refractivity contribution in [1.29, 1.82) is 0 Å². The first-order valence-electron chi connectivity index (χ1n) is 8.56. The first kappa shape index (κ1) is 17.9. The molecule has 0 aliphatic carbocycles. The maximum absolute atomic E-state index is 5.54. The van der Waals surface area contributed by atoms with Crippen LogP contribution in [0.4, 0.5) is 0 Å². The molecule has 0 saturated heterocycles. The molecule has 3 aromatic rings. The van der Waals surface area contributed by atoms with Crippen LogP contribution in [-0.4, -0.2) is 21.3 Å². The maximum Gasteiger partial charge on any atom is 0.161 e. The van der Waals surface area contributed by atoms with Crippen LogP contribution in [0, 0.1) is 0 Å². The number of hydrogen-bond donors (Lipinski definition) is 0. The third-order valence-electron chi connectivity index (χ3n) is 4.98. The molecule has 3 aromatic carbocycles. The summed E-state index contributed by atoms with van der Waals surface area (Å²) in [4.78, 5) is 0. The molecule has 0 amide bonds. The maximum atomic E-state index is 5.54. The minimum absolute atomic E-state index is 0.340. The minimum Gasteiger partial charge on any atom is -0.497 e. The number of rotatable bonds is 6. The first-order valence-corrected chi connectivity index (χ1v) is 8.56. The fourth-order valence-electron chi connectivity index (χ4n) is 3.34. The summed E-state index contributed by atoms with van der Waals surface area (Å²) in [6.07, 6.45) is 0. The highest BCUT2D eigenvalue weighted by Gasteiger charge is 2.32. The van der Waals surface area contributed by atoms with Gasteiger partial charge in [0.25, 0.3) is 0 Å². The zero-order valence-corrected chi connectivity index (χ0v) is 15.7. The van der Waals surface area contributed by atoms with Gasteiger partial charge in [-0.3, -0.25) is 0 Å². The van der Waals surface area contributed by atoms with Crippen molar-refractivity contribution in [3.8, 4) is 17.2 Å². The predicted octanol–water partition coefficient (Wildman–Crippen LogP) is 5.07. The first-order chi connectivity index (χ1) is 12.6. The summed E-state index contributed by atoms with van der Waals surface area (Å²) in [7, 11) is 4.99. The molecule has 1 unspecified atom stereocenters. The fraction of sp³-hybridized carbons (Fsp3) is 0.217. The summed E-state index contributed by atoms with van der Waals surface area (Å²) >= 11 is 0. The molecule has 0 saturated carbocycles. The second-order valence-electron chi connectivity index (χ2n) is 6.29. The lowest BCUT2D eigenvalue weighted by atomic mass is 9.71. The topological polar surface area (TPSA) is 27.7 Å². The van der Waals surface area contributed by atoms with E-state index in [1.807, 2.05) is 24.3 Å². The van der Waals surface area contributed by atoms with E-state index in [2.05, 4.69) is 55.5 Å². The molecule has 26 heavy (non-hydrogen) atoms. The molecule has 0 aromatic heterocycles. The Hall–Kier alpha value is -2.94. The van der Waals surface area contributed by atoms with Crippen LogP contribution in [0.3, 0.4) is 0 Å². The molecule has 134 valence electrons. The van der Waals surface area contributed by atoms with Crippen LogP contribution >= 0.6 is 0 Å². The van der Waals surface area contributed by atoms with E-state index in [1.165, 1.54) is 11.1 Å². The van der Waals surface area contributed by atoms with Crippen molar-refractivity contribution in [1.82, 2.24) is 0 Å². The van der Waals surface area contributed by atoms with E-state index in [0.29, 0.717) is 0 Å². The second-order valence-corrected chi connectivity index (χ2v) is 6.29. The van der Waals surface area contributed by atoms with E-state index >= 15 is 0 Å². The van der Waals surface area contributed by atoms with Crippen LogP contribution in [-0.2, 0) is 5.41 Å². The van der Waals surface area contributed by atoms with Crippen LogP contribution in [0.2, 0.25) is 0 Å². The van der Waals surface area contributed by atoms with Gasteiger partial charge < -0.3 is 14.2 Å². The highest BCUT2D eigenvalue weighted by atomic mass is 16.5. The van der Waals surface area contributed by atoms with E-state index in [9.17, 15) is 0 Å². The lowest BCUT2D eigenvalue weighted by Crippen LogP contribution is -2.25. The highest BCUT2D eigenvalue weighted by molar-refractivity contribution is 5.54. The molecule has 0 aliphatic rings. The summed E-state index contributed by atoms with van der Waals surface area (Å²) in [5.41, 5.74) is 3.17. The van der Waals surface area contributed by atoms with Crippen molar-refractivity contribution in [2.45, 2.75) is 12.3 Å². The van der Waals surface area contributed by atoms with Crippen LogP contribution < -0.4 is 14.2 Å². The molecule has 0 aliphatic heterocycles. The van der Waals surface area contributed by atoms with Gasteiger partial charge in [-0.2, -0.15) is 0 Å². The van der Waals surface area contributed by atoms with Gasteiger partial charge in [0.05, 0.1) is 21.3 Å². The van der Waals surface area contributed by atoms with Crippen molar-refractivity contribution >= 4 is 0 Å². The molecule has 0 heterocycles. The average Bonchev–Trinajstić information content (AvgIpc) is 2.73. The normalized spacial score (nSPS) is 12.9. The highest BCUT2D eigenvalue weighted by Crippen LogP contribution is 2.42. The lowest BCUT2D eigenvalue weighted by molar-refractivity contribution is 0.354. The Morgan fingerprint density at radius 3 is 1.73 bits per heavy atom. The quantitative estimate of drug-likeness (QED) is 0.582. The molecule has 0 bridgehead atoms. The van der Waals surface area contributed by atoms with E-state index in [0.717, 1.165) is 22.8 Å². The summed E-state index contributed by atoms with van der Waals surface area (Å²) in [6.45, 7) is 2.23. The van der Waals surface area contributed by atoms with Gasteiger partial charge in [0.2, 0.25) is 0 Å². The zero-order valence-electron chi connectivity index (χ0n) is 15.7. The SMILES string of the molecule is COc1ccc(C(C)(c2ccccc2)c2ccc(OC)c(OC)c2)cc1. The van der Waals surface area contributed by atoms with Gasteiger partial charge >= 0.3 is 0 Å². The molecule has 3 rings (SSSR count). The van der Waals surface area contributed by atoms with Gasteiger partial charge in [-0.1, -0.05) is 48.5 Å². The average molecular weight is 348 g/mol. The van der Waals surface area contributed by atoms with Crippen molar-refractivity contribution in [2.24, 2.45) is 0 Å². The van der Waals surface area contributed by atoms with Gasteiger partial charge in [-0.25, -0.2) is 0 Å². The van der Waals surface area contributed by atoms with E-state index in [4.69, 9.17) is 14.2 Å². The van der Waals surface area contributed by atoms with Gasteiger partial charge in [0.15, 0.2) is 11.5 Å². The third kappa shape index (κ3) is 3.13. The number of benzene rings is 3. The van der Waals surface area contributed by atoms with Gasteiger partial charge in [0, 0.05) is 5.41 Å². The van der Waals surface area contributed by atoms with Gasteiger partial charge in [0.1, 0.15) is 5.75 Å². The fourth-order valence-corrected chi connectivity index (χ4v) is 3.34. The lowest BCUT2D eigenvalue weighted by Gasteiger charge is -2.32. The van der Waals surface area contributed by atoms with Crippen LogP contribution in [0.15, 0.2) is 72.8 Å². The summed E-state index contributed by atoms with van der Waals surface area (Å²) in [6, 6.07) is 24.8. The summed E-state index contributed by atoms with van der Waals surface area (Å²) in [5.74, 6) is 2.29. The van der Waals surface area contributed by atoms with Crippen molar-refractivity contribution in [3.05, 3.63) is 89.5 Å². The Kier molecular flexibility index (Phi) is 5.17. The molecular formula is C23H24O3. The molecule has 0 radical (unpaired) electrons. The molecule has 0 N–H and O–H groups in total. The Labute approximate surface area is 155 Å².